The van der Waals surface area contributed by atoms with E-state index in [1.54, 1.807) is 7.11 Å². The van der Waals surface area contributed by atoms with E-state index in [0.29, 0.717) is 6.61 Å². The molecule has 0 unspecified atom stereocenters. The van der Waals surface area contributed by atoms with Crippen molar-refractivity contribution in [3.05, 3.63) is 322 Å². The Kier molecular flexibility index (Phi) is 29.2. The number of ether oxygens (including phenoxy) is 3. The monoisotopic (exact) mass is 1160 g/mol. The Bertz CT molecular complexity index is 3380. The molecule has 0 amide bonds. The molecule has 0 aliphatic carbocycles. The van der Waals surface area contributed by atoms with Crippen LogP contribution in [0.25, 0.3) is 16.7 Å². The average Bonchev–Trinajstić information content (AvgIpc) is 3.78. The number of anilines is 3. The molecule has 9 aromatic carbocycles. The van der Waals surface area contributed by atoms with Crippen LogP contribution in [0.2, 0.25) is 0 Å². The fourth-order valence-electron chi connectivity index (χ4n) is 10.7. The maximum atomic E-state index is 5.56. The van der Waals surface area contributed by atoms with Crippen molar-refractivity contribution in [1.82, 2.24) is 0 Å². The molecule has 0 saturated heterocycles. The Hall–Kier alpha value is -8.52. The van der Waals surface area contributed by atoms with Gasteiger partial charge in [0.15, 0.2) is 0 Å². The van der Waals surface area contributed by atoms with Gasteiger partial charge in [0.25, 0.3) is 0 Å². The smallest absolute Gasteiger partial charge is 0.0639 e. The largest absolute Gasteiger partial charge is 0.383 e. The summed E-state index contributed by atoms with van der Waals surface area (Å²) in [5, 5.41) is 10.3. The highest BCUT2D eigenvalue weighted by atomic mass is 16.5. The van der Waals surface area contributed by atoms with Gasteiger partial charge < -0.3 is 30.2 Å². The van der Waals surface area contributed by atoms with E-state index in [-0.39, 0.29) is 0 Å². The van der Waals surface area contributed by atoms with Crippen molar-refractivity contribution < 1.29 is 14.2 Å². The summed E-state index contributed by atoms with van der Waals surface area (Å²) in [4.78, 5) is 0. The molecule has 6 nitrogen and oxygen atoms in total. The van der Waals surface area contributed by atoms with E-state index in [1.165, 1.54) is 83.5 Å². The number of hydrogen-bond donors (Lipinski definition) is 3. The molecule has 6 heteroatoms. The van der Waals surface area contributed by atoms with Crippen LogP contribution >= 0.6 is 0 Å². The molecule has 9 aromatic rings. The van der Waals surface area contributed by atoms with Crippen LogP contribution in [0.4, 0.5) is 17.1 Å². The van der Waals surface area contributed by atoms with Crippen LogP contribution in [-0.4, -0.2) is 59.8 Å². The number of benzene rings is 9. The molecule has 0 heterocycles. The van der Waals surface area contributed by atoms with Gasteiger partial charge in [-0.3, -0.25) is 0 Å². The van der Waals surface area contributed by atoms with Gasteiger partial charge in [-0.25, -0.2) is 0 Å². The molecule has 0 saturated carbocycles. The zero-order chi connectivity index (χ0) is 60.9. The quantitative estimate of drug-likeness (QED) is 0.0390. The molecular formula is C81H93N3O3. The fourth-order valence-corrected chi connectivity index (χ4v) is 10.7. The van der Waals surface area contributed by atoms with Crippen LogP contribution < -0.4 is 16.0 Å². The number of hydrogen-bond acceptors (Lipinski definition) is 6. The standard InChI is InChI=1S/C28H33NO.C27H31NO.C26H29NO/c1-3-20-30-21-19-29-27-17-15-26(16-18-27)28(25-13-9-6-10-14-25)24(4-2)22-23-11-7-5-8-12-23;1-3-23(21-22-11-7-5-8-12-22)27(24-13-9-6-10-14-24)25-15-17-26(18-16-25)28-19-20-29-4-2;1-3-22(20-21-10-6-4-7-11-21)26(23-12-8-5-9-13-23)24-14-16-25(17-15-24)27-18-19-28-2/h5-18,29H,3-4,19-22H2,1-2H3;5-18,28H,3-4,19-21H2,1-2H3;4-17,27H,3,18-20H2,1-2H3. The lowest BCUT2D eigenvalue weighted by atomic mass is 9.88. The predicted octanol–water partition coefficient (Wildman–Crippen LogP) is 19.8. The molecule has 0 aromatic heterocycles. The molecule has 0 aliphatic heterocycles. The first-order valence-electron chi connectivity index (χ1n) is 31.6. The summed E-state index contributed by atoms with van der Waals surface area (Å²) in [6.45, 7) is 17.1. The minimum Gasteiger partial charge on any atom is -0.383 e. The summed E-state index contributed by atoms with van der Waals surface area (Å²) in [6.07, 6.45) is 7.03. The Labute approximate surface area is 522 Å². The van der Waals surface area contributed by atoms with Crippen molar-refractivity contribution in [1.29, 1.82) is 0 Å². The number of rotatable bonds is 30. The Morgan fingerprint density at radius 2 is 0.552 bits per heavy atom. The number of methoxy groups -OCH3 is 1. The highest BCUT2D eigenvalue weighted by molar-refractivity contribution is 5.85. The predicted molar refractivity (Wildman–Crippen MR) is 373 cm³/mol. The second kappa shape index (κ2) is 38.5. The van der Waals surface area contributed by atoms with E-state index in [4.69, 9.17) is 14.2 Å². The van der Waals surface area contributed by atoms with E-state index in [1.807, 2.05) is 6.92 Å². The third-order valence-electron chi connectivity index (χ3n) is 15.2. The highest BCUT2D eigenvalue weighted by Gasteiger charge is 2.15. The molecule has 0 radical (unpaired) electrons. The van der Waals surface area contributed by atoms with Crippen molar-refractivity contribution in [2.24, 2.45) is 0 Å². The van der Waals surface area contributed by atoms with Crippen molar-refractivity contribution in [3.63, 3.8) is 0 Å². The van der Waals surface area contributed by atoms with E-state index in [2.05, 4.69) is 298 Å². The molecule has 0 aliphatic rings. The normalized spacial score (nSPS) is 11.8. The molecule has 0 spiro atoms. The fraction of sp³-hybridized carbons (Fsp3) is 0.259. The maximum Gasteiger partial charge on any atom is 0.0639 e. The Morgan fingerprint density at radius 1 is 0.287 bits per heavy atom. The van der Waals surface area contributed by atoms with Crippen LogP contribution in [-0.2, 0) is 33.5 Å². The zero-order valence-electron chi connectivity index (χ0n) is 52.6. The summed E-state index contributed by atoms with van der Waals surface area (Å²) in [7, 11) is 1.72. The summed E-state index contributed by atoms with van der Waals surface area (Å²) in [5.74, 6) is 0. The summed E-state index contributed by atoms with van der Waals surface area (Å²) in [6, 6.07) is 90.8. The molecule has 0 atom stereocenters. The van der Waals surface area contributed by atoms with E-state index in [9.17, 15) is 0 Å². The minimum atomic E-state index is 0.702. The second-order valence-electron chi connectivity index (χ2n) is 21.4. The van der Waals surface area contributed by atoms with Crippen molar-refractivity contribution >= 4 is 33.8 Å². The Morgan fingerprint density at radius 3 is 0.816 bits per heavy atom. The summed E-state index contributed by atoms with van der Waals surface area (Å²) < 4.78 is 16.1. The third-order valence-corrected chi connectivity index (χ3v) is 15.2. The van der Waals surface area contributed by atoms with Gasteiger partial charge in [-0.2, -0.15) is 0 Å². The minimum absolute atomic E-state index is 0.702. The molecule has 3 N–H and O–H groups in total. The molecular weight excluding hydrogens is 1060 g/mol. The van der Waals surface area contributed by atoms with Gasteiger partial charge >= 0.3 is 0 Å². The highest BCUT2D eigenvalue weighted by Crippen LogP contribution is 2.34. The van der Waals surface area contributed by atoms with Gasteiger partial charge in [-0.15, -0.1) is 0 Å². The molecule has 450 valence electrons. The average molecular weight is 1160 g/mol. The lowest BCUT2D eigenvalue weighted by molar-refractivity contribution is 0.144. The Balaban J connectivity index is 0.000000187. The van der Waals surface area contributed by atoms with Crippen LogP contribution in [0.3, 0.4) is 0 Å². The number of nitrogens with one attached hydrogen (secondary N) is 3. The lowest BCUT2D eigenvalue weighted by Crippen LogP contribution is -2.09. The van der Waals surface area contributed by atoms with Crippen molar-refractivity contribution in [2.75, 3.05) is 75.7 Å². The van der Waals surface area contributed by atoms with Gasteiger partial charge in [0.05, 0.1) is 19.8 Å². The van der Waals surface area contributed by atoms with Crippen LogP contribution in [0.5, 0.6) is 0 Å². The van der Waals surface area contributed by atoms with Crippen molar-refractivity contribution in [2.45, 2.75) is 79.6 Å². The van der Waals surface area contributed by atoms with Gasteiger partial charge in [0.1, 0.15) is 0 Å². The van der Waals surface area contributed by atoms with Gasteiger partial charge in [-0.1, -0.05) is 263 Å². The van der Waals surface area contributed by atoms with Crippen LogP contribution in [0, 0.1) is 0 Å². The van der Waals surface area contributed by atoms with Crippen LogP contribution in [0.1, 0.15) is 110 Å². The van der Waals surface area contributed by atoms with Gasteiger partial charge in [-0.05, 0) is 155 Å². The maximum absolute atomic E-state index is 5.56. The molecule has 87 heavy (non-hydrogen) atoms. The lowest BCUT2D eigenvalue weighted by Gasteiger charge is -2.17. The van der Waals surface area contributed by atoms with E-state index in [0.717, 1.165) is 108 Å². The second-order valence-corrected chi connectivity index (χ2v) is 21.4. The number of allylic oxidation sites excluding steroid dienone is 3. The topological polar surface area (TPSA) is 63.8 Å². The molecule has 0 bridgehead atoms. The van der Waals surface area contributed by atoms with Gasteiger partial charge in [0, 0.05) is 57.0 Å². The third kappa shape index (κ3) is 22.1. The first-order valence-corrected chi connectivity index (χ1v) is 31.6. The first-order chi connectivity index (χ1) is 42.9. The van der Waals surface area contributed by atoms with Gasteiger partial charge in [0.2, 0.25) is 0 Å². The van der Waals surface area contributed by atoms with Crippen LogP contribution in [0.15, 0.2) is 272 Å². The van der Waals surface area contributed by atoms with E-state index < -0.39 is 0 Å². The summed E-state index contributed by atoms with van der Waals surface area (Å²) in [5.41, 5.74) is 23.5. The zero-order valence-corrected chi connectivity index (χ0v) is 52.6. The van der Waals surface area contributed by atoms with Crippen molar-refractivity contribution in [3.8, 4) is 0 Å². The molecule has 0 fully saturated rings. The first kappa shape index (κ1) is 66.0. The molecule has 9 rings (SSSR count). The summed E-state index contributed by atoms with van der Waals surface area (Å²) >= 11 is 0. The van der Waals surface area contributed by atoms with E-state index >= 15 is 0 Å². The SMILES string of the molecule is CCC(Cc1ccccc1)=C(c1ccccc1)c1ccc(NCCOC)cc1.CCCOCCNc1ccc(C(=C(CC)Cc2ccccc2)c2ccccc2)cc1.CCOCCNc1ccc(C(=C(CC)Cc2ccccc2)c2ccccc2)cc1.